The van der Waals surface area contributed by atoms with Gasteiger partial charge in [-0.05, 0) is 24.3 Å². The summed E-state index contributed by atoms with van der Waals surface area (Å²) in [7, 11) is -5.06. The Balaban J connectivity index is 2.77. The molecule has 0 bridgehead atoms. The number of hydrogen-bond acceptors (Lipinski definition) is 5. The first-order chi connectivity index (χ1) is 6.87. The lowest BCUT2D eigenvalue weighted by Gasteiger charge is -2.08. The van der Waals surface area contributed by atoms with E-state index in [2.05, 4.69) is 4.18 Å². The van der Waals surface area contributed by atoms with Gasteiger partial charge in [-0.1, -0.05) is 3.89 Å². The Morgan fingerprint density at radius 2 is 1.87 bits per heavy atom. The molecule has 1 unspecified atom stereocenters. The van der Waals surface area contributed by atoms with Crippen LogP contribution in [-0.4, -0.2) is 17.2 Å². The lowest BCUT2D eigenvalue weighted by molar-refractivity contribution is 0.440. The Labute approximate surface area is 87.9 Å². The second kappa shape index (κ2) is 4.55. The summed E-state index contributed by atoms with van der Waals surface area (Å²) in [5.41, 5.74) is 0.201. The number of rotatable bonds is 4. The van der Waals surface area contributed by atoms with Crippen molar-refractivity contribution in [3.05, 3.63) is 24.3 Å². The van der Waals surface area contributed by atoms with E-state index in [0.717, 1.165) is 12.1 Å². The Bertz CT molecular complexity index is 457. The fourth-order valence-corrected chi connectivity index (χ4v) is 1.46. The van der Waals surface area contributed by atoms with E-state index < -0.39 is 21.8 Å². The van der Waals surface area contributed by atoms with E-state index in [-0.39, 0.29) is 11.4 Å². The first-order valence-corrected chi connectivity index (χ1v) is 5.85. The highest BCUT2D eigenvalue weighted by molar-refractivity contribution is 7.81. The van der Waals surface area contributed by atoms with Crippen LogP contribution in [0.1, 0.15) is 0 Å². The van der Waals surface area contributed by atoms with Crippen LogP contribution in [0.3, 0.4) is 0 Å². The molecule has 0 amide bonds. The zero-order valence-electron chi connectivity index (χ0n) is 7.05. The van der Waals surface area contributed by atoms with Crippen LogP contribution >= 0.6 is 0 Å². The fourth-order valence-electron chi connectivity index (χ4n) is 0.790. The van der Waals surface area contributed by atoms with Crippen molar-refractivity contribution < 1.29 is 25.2 Å². The fraction of sp³-hybridized carbons (Fsp3) is 0. The van der Waals surface area contributed by atoms with Crippen LogP contribution in [0.4, 0.5) is 9.57 Å². The van der Waals surface area contributed by atoms with Gasteiger partial charge in [0.15, 0.2) is 0 Å². The van der Waals surface area contributed by atoms with Gasteiger partial charge in [0.25, 0.3) is 0 Å². The third-order valence-electron chi connectivity index (χ3n) is 1.25. The molecule has 9 heteroatoms. The van der Waals surface area contributed by atoms with Crippen LogP contribution in [-0.2, 0) is 21.8 Å². The average molecular weight is 254 g/mol. The predicted molar refractivity (Wildman–Crippen MR) is 49.6 cm³/mol. The summed E-state index contributed by atoms with van der Waals surface area (Å²) in [5, 5.41) is 0. The summed E-state index contributed by atoms with van der Waals surface area (Å²) < 4.78 is 58.4. The van der Waals surface area contributed by atoms with Crippen molar-refractivity contribution in [3.63, 3.8) is 0 Å². The first-order valence-electron chi connectivity index (χ1n) is 3.47. The zero-order chi connectivity index (χ0) is 11.5. The van der Waals surface area contributed by atoms with Gasteiger partial charge in [-0.15, -0.1) is 0 Å². The molecule has 0 aromatic heterocycles. The van der Waals surface area contributed by atoms with E-state index in [4.69, 9.17) is 0 Å². The summed E-state index contributed by atoms with van der Waals surface area (Å²) in [4.78, 5) is 0. The van der Waals surface area contributed by atoms with E-state index in [9.17, 15) is 21.1 Å². The van der Waals surface area contributed by atoms with Crippen LogP contribution in [0.25, 0.3) is 0 Å². The molecule has 1 rings (SSSR count). The summed E-state index contributed by atoms with van der Waals surface area (Å²) >= 11 is -2.48. The van der Waals surface area contributed by atoms with E-state index in [1.807, 2.05) is 4.72 Å². The van der Waals surface area contributed by atoms with Gasteiger partial charge in [0.1, 0.15) is 5.75 Å². The summed E-state index contributed by atoms with van der Waals surface area (Å²) in [6.07, 6.45) is 0. The maximum Gasteiger partial charge on any atom is 0.488 e. The highest BCUT2D eigenvalue weighted by Crippen LogP contribution is 2.17. The number of nitrogens with one attached hydrogen (secondary N) is 1. The molecule has 0 aliphatic heterocycles. The van der Waals surface area contributed by atoms with Gasteiger partial charge < -0.3 is 13.5 Å². The van der Waals surface area contributed by atoms with Gasteiger partial charge in [0.2, 0.25) is 0 Å². The van der Waals surface area contributed by atoms with Crippen molar-refractivity contribution in [3.8, 4) is 5.75 Å². The van der Waals surface area contributed by atoms with Gasteiger partial charge in [0, 0.05) is 17.0 Å². The summed E-state index contributed by atoms with van der Waals surface area (Å²) in [6, 6.07) is 4.64. The number of hydrogen-bond donors (Lipinski definition) is 1. The first kappa shape index (κ1) is 11.9. The maximum atomic E-state index is 12.0. The Morgan fingerprint density at radius 3 is 2.27 bits per heavy atom. The van der Waals surface area contributed by atoms with Crippen molar-refractivity contribution in [1.29, 1.82) is 0 Å². The summed E-state index contributed by atoms with van der Waals surface area (Å²) in [5.74, 6) is -0.250. The maximum absolute atomic E-state index is 12.0. The third-order valence-corrected chi connectivity index (χ3v) is 2.05. The summed E-state index contributed by atoms with van der Waals surface area (Å²) in [6.45, 7) is 0. The average Bonchev–Trinajstić information content (AvgIpc) is 2.05. The van der Waals surface area contributed by atoms with Gasteiger partial charge in [-0.3, -0.25) is 4.21 Å². The minimum absolute atomic E-state index is 0.201. The Morgan fingerprint density at radius 1 is 1.33 bits per heavy atom. The van der Waals surface area contributed by atoms with Gasteiger partial charge in [-0.25, -0.2) is 0 Å². The molecular weight excluding hydrogens is 249 g/mol. The van der Waals surface area contributed by atoms with Gasteiger partial charge in [-0.2, -0.15) is 8.42 Å². The lowest BCUT2D eigenvalue weighted by atomic mass is 10.3. The highest BCUT2D eigenvalue weighted by Gasteiger charge is 2.08. The van der Waals surface area contributed by atoms with Crippen LogP contribution in [0, 0.1) is 0 Å². The zero-order valence-corrected chi connectivity index (χ0v) is 8.68. The van der Waals surface area contributed by atoms with Gasteiger partial charge in [0.05, 0.1) is 0 Å². The smallest absolute Gasteiger partial charge is 0.488 e. The second-order valence-electron chi connectivity index (χ2n) is 2.34. The molecule has 0 radical (unpaired) electrons. The molecule has 15 heavy (non-hydrogen) atoms. The molecule has 0 heterocycles. The topological polar surface area (TPSA) is 95.5 Å². The molecule has 0 saturated heterocycles. The molecule has 6 nitrogen and oxygen atoms in total. The minimum atomic E-state index is -5.06. The van der Waals surface area contributed by atoms with Crippen molar-refractivity contribution in [2.45, 2.75) is 0 Å². The molecule has 0 spiro atoms. The molecular formula is C6H5FNO5S2-. The van der Waals surface area contributed by atoms with Crippen LogP contribution in [0.5, 0.6) is 5.75 Å². The van der Waals surface area contributed by atoms with Crippen LogP contribution < -0.4 is 8.91 Å². The normalized spacial score (nSPS) is 13.2. The molecule has 0 saturated carbocycles. The Hall–Kier alpha value is -1.19. The molecule has 0 aliphatic carbocycles. The quantitative estimate of drug-likeness (QED) is 0.623. The molecule has 1 N–H and O–H groups in total. The van der Waals surface area contributed by atoms with Crippen LogP contribution in [0.15, 0.2) is 24.3 Å². The number of anilines is 1. The van der Waals surface area contributed by atoms with Crippen molar-refractivity contribution in [1.82, 2.24) is 0 Å². The second-order valence-corrected chi connectivity index (χ2v) is 3.96. The van der Waals surface area contributed by atoms with Crippen molar-refractivity contribution in [2.75, 3.05) is 4.72 Å². The van der Waals surface area contributed by atoms with Crippen LogP contribution in [0.2, 0.25) is 0 Å². The SMILES string of the molecule is O=S([O-])Nc1ccc(OS(=O)(=O)F)cc1. The van der Waals surface area contributed by atoms with Crippen molar-refractivity contribution in [2.24, 2.45) is 0 Å². The molecule has 1 aromatic rings. The highest BCUT2D eigenvalue weighted by atomic mass is 32.3. The van der Waals surface area contributed by atoms with E-state index >= 15 is 0 Å². The number of halogens is 1. The standard InChI is InChI=1S/C6H6FNO5S2/c7-15(11,12)13-6-3-1-5(2-4-6)8-14(9)10/h1-4,8H,(H,9,10)/p-1. The van der Waals surface area contributed by atoms with E-state index in [1.54, 1.807) is 0 Å². The molecule has 0 aliphatic rings. The largest absolute Gasteiger partial charge is 0.755 e. The Kier molecular flexibility index (Phi) is 3.61. The number of benzene rings is 1. The lowest BCUT2D eigenvalue weighted by Crippen LogP contribution is -2.03. The molecule has 84 valence electrons. The van der Waals surface area contributed by atoms with Gasteiger partial charge >= 0.3 is 10.5 Å². The molecule has 1 aromatic carbocycles. The predicted octanol–water partition coefficient (Wildman–Crippen LogP) is 0.486. The molecule has 0 fully saturated rings. The monoisotopic (exact) mass is 254 g/mol. The minimum Gasteiger partial charge on any atom is -0.755 e. The third kappa shape index (κ3) is 4.72. The van der Waals surface area contributed by atoms with E-state index in [1.165, 1.54) is 12.1 Å². The molecule has 1 atom stereocenters. The van der Waals surface area contributed by atoms with Crippen molar-refractivity contribution >= 4 is 27.5 Å². The van der Waals surface area contributed by atoms with E-state index in [0.29, 0.717) is 0 Å².